The Kier molecular flexibility index (Phi) is 6.61. The van der Waals surface area contributed by atoms with E-state index in [-0.39, 0.29) is 0 Å². The molecule has 0 heterocycles. The van der Waals surface area contributed by atoms with Crippen LogP contribution in [0.25, 0.3) is 0 Å². The first kappa shape index (κ1) is 14.9. The molecule has 1 aromatic rings. The highest BCUT2D eigenvalue weighted by molar-refractivity contribution is 5.98. The van der Waals surface area contributed by atoms with E-state index in [2.05, 4.69) is 6.92 Å². The van der Waals surface area contributed by atoms with Crippen LogP contribution in [0.3, 0.4) is 0 Å². The molecule has 0 aliphatic rings. The lowest BCUT2D eigenvalue weighted by atomic mass is 10.0. The number of aryl methyl sites for hydroxylation is 1. The summed E-state index contributed by atoms with van der Waals surface area (Å²) in [7, 11) is 0. The molecule has 3 nitrogen and oxygen atoms in total. The summed E-state index contributed by atoms with van der Waals surface area (Å²) in [5.74, 6) is -0.649. The standard InChI is InChI=1S/C15H22O3/c1-2-3-4-5-6-7-12-8-10-13(11-9-12)14(16)15(17)18/h8-11,15,17-18H,2-7H2,1H3. The highest BCUT2D eigenvalue weighted by atomic mass is 16.5. The number of Topliss-reactive ketones (excluding diaryl/α,β-unsaturated/α-hetero) is 1. The quantitative estimate of drug-likeness (QED) is 0.423. The van der Waals surface area contributed by atoms with Gasteiger partial charge in [0, 0.05) is 5.56 Å². The Morgan fingerprint density at radius 3 is 2.22 bits per heavy atom. The van der Waals surface area contributed by atoms with Crippen molar-refractivity contribution in [1.29, 1.82) is 0 Å². The Balaban J connectivity index is 2.38. The van der Waals surface area contributed by atoms with Gasteiger partial charge in [-0.25, -0.2) is 0 Å². The predicted molar refractivity (Wildman–Crippen MR) is 71.5 cm³/mol. The van der Waals surface area contributed by atoms with Crippen LogP contribution in [0.2, 0.25) is 0 Å². The van der Waals surface area contributed by atoms with Crippen LogP contribution in [0.4, 0.5) is 0 Å². The third-order valence-electron chi connectivity index (χ3n) is 3.04. The second kappa shape index (κ2) is 8.01. The van der Waals surface area contributed by atoms with Crippen molar-refractivity contribution >= 4 is 5.78 Å². The monoisotopic (exact) mass is 250 g/mol. The van der Waals surface area contributed by atoms with Crippen molar-refractivity contribution in [2.45, 2.75) is 51.7 Å². The SMILES string of the molecule is CCCCCCCc1ccc(C(=O)C(O)O)cc1. The molecule has 18 heavy (non-hydrogen) atoms. The summed E-state index contributed by atoms with van der Waals surface area (Å²) in [4.78, 5) is 11.3. The molecule has 0 bridgehead atoms. The number of carbonyl (C=O) groups excluding carboxylic acids is 1. The van der Waals surface area contributed by atoms with Crippen LogP contribution in [0.1, 0.15) is 54.9 Å². The van der Waals surface area contributed by atoms with Crippen molar-refractivity contribution < 1.29 is 15.0 Å². The van der Waals surface area contributed by atoms with E-state index in [9.17, 15) is 4.79 Å². The maximum Gasteiger partial charge on any atom is 0.218 e. The zero-order valence-corrected chi connectivity index (χ0v) is 10.9. The number of hydrogen-bond donors (Lipinski definition) is 2. The minimum Gasteiger partial charge on any atom is -0.362 e. The Labute approximate surface area is 108 Å². The number of aliphatic hydroxyl groups is 2. The molecule has 0 aliphatic heterocycles. The number of rotatable bonds is 8. The topological polar surface area (TPSA) is 57.5 Å². The maximum atomic E-state index is 11.3. The lowest BCUT2D eigenvalue weighted by Crippen LogP contribution is -2.19. The predicted octanol–water partition coefficient (Wildman–Crippen LogP) is 2.69. The highest BCUT2D eigenvalue weighted by Crippen LogP contribution is 2.11. The fraction of sp³-hybridized carbons (Fsp3) is 0.533. The molecule has 0 fully saturated rings. The molecular formula is C15H22O3. The summed E-state index contributed by atoms with van der Waals surface area (Å²) < 4.78 is 0. The molecule has 0 atom stereocenters. The van der Waals surface area contributed by atoms with Gasteiger partial charge in [-0.2, -0.15) is 0 Å². The second-order valence-electron chi connectivity index (χ2n) is 4.60. The Bertz CT molecular complexity index is 355. The molecule has 0 aliphatic carbocycles. The zero-order valence-electron chi connectivity index (χ0n) is 10.9. The van der Waals surface area contributed by atoms with Crippen LogP contribution < -0.4 is 0 Å². The Morgan fingerprint density at radius 1 is 1.06 bits per heavy atom. The molecule has 2 N–H and O–H groups in total. The fourth-order valence-corrected chi connectivity index (χ4v) is 1.92. The summed E-state index contributed by atoms with van der Waals surface area (Å²) >= 11 is 0. The zero-order chi connectivity index (χ0) is 13.4. The van der Waals surface area contributed by atoms with E-state index in [1.165, 1.54) is 31.2 Å². The van der Waals surface area contributed by atoms with Gasteiger partial charge in [0.05, 0.1) is 0 Å². The van der Waals surface area contributed by atoms with E-state index >= 15 is 0 Å². The molecule has 0 radical (unpaired) electrons. The lowest BCUT2D eigenvalue weighted by molar-refractivity contribution is -0.0195. The molecule has 1 aromatic carbocycles. The van der Waals surface area contributed by atoms with Crippen LogP contribution in [0, 0.1) is 0 Å². The van der Waals surface area contributed by atoms with E-state index in [1.807, 2.05) is 12.1 Å². The van der Waals surface area contributed by atoms with Gasteiger partial charge in [-0.15, -0.1) is 0 Å². The summed E-state index contributed by atoms with van der Waals surface area (Å²) in [6.45, 7) is 2.20. The van der Waals surface area contributed by atoms with Crippen LogP contribution in [-0.2, 0) is 6.42 Å². The van der Waals surface area contributed by atoms with Gasteiger partial charge >= 0.3 is 0 Å². The summed E-state index contributed by atoms with van der Waals surface area (Å²) in [6, 6.07) is 7.08. The minimum absolute atomic E-state index is 0.347. The summed E-state index contributed by atoms with van der Waals surface area (Å²) in [5.41, 5.74) is 1.54. The van der Waals surface area contributed by atoms with Gasteiger partial charge < -0.3 is 10.2 Å². The van der Waals surface area contributed by atoms with Crippen molar-refractivity contribution in [3.05, 3.63) is 35.4 Å². The molecule has 0 amide bonds. The van der Waals surface area contributed by atoms with Gasteiger partial charge in [0.2, 0.25) is 12.1 Å². The first-order valence-electron chi connectivity index (χ1n) is 6.64. The minimum atomic E-state index is -1.91. The van der Waals surface area contributed by atoms with E-state index < -0.39 is 12.1 Å². The van der Waals surface area contributed by atoms with Gasteiger partial charge in [0.25, 0.3) is 0 Å². The van der Waals surface area contributed by atoms with Gasteiger partial charge in [-0.3, -0.25) is 4.79 Å². The molecule has 0 saturated carbocycles. The normalized spacial score (nSPS) is 10.9. The second-order valence-corrected chi connectivity index (χ2v) is 4.60. The molecule has 3 heteroatoms. The van der Waals surface area contributed by atoms with Gasteiger partial charge in [0.1, 0.15) is 0 Å². The smallest absolute Gasteiger partial charge is 0.218 e. The van der Waals surface area contributed by atoms with Crippen LogP contribution in [-0.4, -0.2) is 22.3 Å². The van der Waals surface area contributed by atoms with Crippen molar-refractivity contribution in [3.8, 4) is 0 Å². The van der Waals surface area contributed by atoms with Crippen molar-refractivity contribution in [2.24, 2.45) is 0 Å². The molecule has 0 saturated heterocycles. The number of aliphatic hydroxyl groups excluding tert-OH is 1. The number of unbranched alkanes of at least 4 members (excludes halogenated alkanes) is 4. The fourth-order valence-electron chi connectivity index (χ4n) is 1.92. The molecule has 1 rings (SSSR count). The largest absolute Gasteiger partial charge is 0.362 e. The van der Waals surface area contributed by atoms with Crippen LogP contribution in [0.15, 0.2) is 24.3 Å². The van der Waals surface area contributed by atoms with Crippen LogP contribution in [0.5, 0.6) is 0 Å². The average Bonchev–Trinajstić information content (AvgIpc) is 2.38. The summed E-state index contributed by atoms with van der Waals surface area (Å²) in [5, 5.41) is 17.5. The van der Waals surface area contributed by atoms with Crippen molar-refractivity contribution in [1.82, 2.24) is 0 Å². The van der Waals surface area contributed by atoms with Crippen LogP contribution >= 0.6 is 0 Å². The number of carbonyl (C=O) groups is 1. The lowest BCUT2D eigenvalue weighted by Gasteiger charge is -2.05. The van der Waals surface area contributed by atoms with E-state index in [0.717, 1.165) is 12.8 Å². The van der Waals surface area contributed by atoms with Gasteiger partial charge in [0.15, 0.2) is 0 Å². The van der Waals surface area contributed by atoms with E-state index in [0.29, 0.717) is 5.56 Å². The van der Waals surface area contributed by atoms with Gasteiger partial charge in [-0.1, -0.05) is 56.9 Å². The molecular weight excluding hydrogens is 228 g/mol. The average molecular weight is 250 g/mol. The highest BCUT2D eigenvalue weighted by Gasteiger charge is 2.12. The van der Waals surface area contributed by atoms with E-state index in [4.69, 9.17) is 10.2 Å². The first-order chi connectivity index (χ1) is 8.65. The van der Waals surface area contributed by atoms with Gasteiger partial charge in [-0.05, 0) is 18.4 Å². The number of ketones is 1. The van der Waals surface area contributed by atoms with Crippen molar-refractivity contribution in [3.63, 3.8) is 0 Å². The Hall–Kier alpha value is -1.19. The number of benzene rings is 1. The van der Waals surface area contributed by atoms with E-state index in [1.54, 1.807) is 12.1 Å². The first-order valence-corrected chi connectivity index (χ1v) is 6.64. The molecule has 0 spiro atoms. The third kappa shape index (κ3) is 4.98. The molecule has 100 valence electrons. The Morgan fingerprint density at radius 2 is 1.67 bits per heavy atom. The molecule has 0 unspecified atom stereocenters. The van der Waals surface area contributed by atoms with Crippen molar-refractivity contribution in [2.75, 3.05) is 0 Å². The molecule has 0 aromatic heterocycles. The number of hydrogen-bond acceptors (Lipinski definition) is 3. The summed E-state index contributed by atoms with van der Waals surface area (Å²) in [6.07, 6.45) is 5.33. The third-order valence-corrected chi connectivity index (χ3v) is 3.04. The maximum absolute atomic E-state index is 11.3.